The average Bonchev–Trinajstić information content (AvgIpc) is 2.53. The van der Waals surface area contributed by atoms with Crippen molar-refractivity contribution in [2.24, 2.45) is 0 Å². The Morgan fingerprint density at radius 1 is 1.23 bits per heavy atom. The molecule has 5 heteroatoms. The minimum Gasteiger partial charge on any atom is -0.399 e. The van der Waals surface area contributed by atoms with Crippen LogP contribution in [0, 0.1) is 0 Å². The molecule has 66 valence electrons. The van der Waals surface area contributed by atoms with Crippen LogP contribution >= 0.6 is 12.6 Å². The van der Waals surface area contributed by atoms with Crippen molar-refractivity contribution in [2.75, 3.05) is 5.73 Å². The van der Waals surface area contributed by atoms with Gasteiger partial charge in [0.05, 0.1) is 0 Å². The molecule has 0 aliphatic carbocycles. The number of anilines is 1. The summed E-state index contributed by atoms with van der Waals surface area (Å²) in [6.45, 7) is 0. The van der Waals surface area contributed by atoms with Gasteiger partial charge in [-0.25, -0.2) is 4.98 Å². The molecule has 0 aliphatic rings. The normalized spacial score (nSPS) is 10.2. The number of benzene rings is 1. The fourth-order valence-corrected chi connectivity index (χ4v) is 1.17. The predicted octanol–water partition coefficient (Wildman–Crippen LogP) is 1.34. The molecular formula is C8H8N4S. The van der Waals surface area contributed by atoms with E-state index in [4.69, 9.17) is 5.73 Å². The molecule has 0 saturated heterocycles. The van der Waals surface area contributed by atoms with E-state index in [1.165, 1.54) is 0 Å². The van der Waals surface area contributed by atoms with E-state index >= 15 is 0 Å². The molecule has 0 aliphatic heterocycles. The van der Waals surface area contributed by atoms with Gasteiger partial charge in [-0.2, -0.15) is 0 Å². The fourth-order valence-electron chi connectivity index (χ4n) is 1.02. The van der Waals surface area contributed by atoms with Crippen LogP contribution < -0.4 is 5.73 Å². The van der Waals surface area contributed by atoms with Crippen molar-refractivity contribution < 1.29 is 0 Å². The highest BCUT2D eigenvalue weighted by Gasteiger charge is 2.01. The summed E-state index contributed by atoms with van der Waals surface area (Å²) in [7, 11) is 0. The zero-order valence-electron chi connectivity index (χ0n) is 6.73. The first-order valence-corrected chi connectivity index (χ1v) is 4.18. The van der Waals surface area contributed by atoms with E-state index in [2.05, 4.69) is 27.8 Å². The van der Waals surface area contributed by atoms with E-state index in [1.54, 1.807) is 0 Å². The monoisotopic (exact) mass is 192 g/mol. The molecule has 0 amide bonds. The Balaban J connectivity index is 2.41. The number of nitrogens with one attached hydrogen (secondary N) is 1. The number of thiol groups is 1. The molecule has 0 atom stereocenters. The number of nitrogen functional groups attached to an aromatic ring is 1. The molecule has 0 radical (unpaired) electrons. The average molecular weight is 192 g/mol. The van der Waals surface area contributed by atoms with Gasteiger partial charge in [-0.1, -0.05) is 0 Å². The van der Waals surface area contributed by atoms with E-state index in [0.717, 1.165) is 11.3 Å². The third-order valence-corrected chi connectivity index (χ3v) is 1.86. The summed E-state index contributed by atoms with van der Waals surface area (Å²) in [4.78, 5) is 4.07. The first kappa shape index (κ1) is 8.12. The summed E-state index contributed by atoms with van der Waals surface area (Å²) in [5.41, 5.74) is 7.23. The van der Waals surface area contributed by atoms with Crippen molar-refractivity contribution in [3.63, 3.8) is 0 Å². The topological polar surface area (TPSA) is 67.6 Å². The first-order chi connectivity index (χ1) is 6.25. The molecule has 4 nitrogen and oxygen atoms in total. The lowest BCUT2D eigenvalue weighted by molar-refractivity contribution is 0.980. The van der Waals surface area contributed by atoms with E-state index < -0.39 is 0 Å². The highest BCUT2D eigenvalue weighted by molar-refractivity contribution is 7.80. The van der Waals surface area contributed by atoms with Gasteiger partial charge in [0.1, 0.15) is 0 Å². The van der Waals surface area contributed by atoms with Crippen LogP contribution in [-0.2, 0) is 0 Å². The molecule has 2 aromatic rings. The molecule has 0 fully saturated rings. The molecule has 3 N–H and O–H groups in total. The summed E-state index contributed by atoms with van der Waals surface area (Å²) >= 11 is 4.00. The van der Waals surface area contributed by atoms with Gasteiger partial charge in [-0.05, 0) is 24.3 Å². The van der Waals surface area contributed by atoms with Crippen molar-refractivity contribution in [1.82, 2.24) is 15.2 Å². The molecule has 0 unspecified atom stereocenters. The Labute approximate surface area is 80.6 Å². The Morgan fingerprint density at radius 3 is 2.46 bits per heavy atom. The molecule has 0 spiro atoms. The molecule has 1 aromatic carbocycles. The van der Waals surface area contributed by atoms with Crippen LogP contribution in [0.1, 0.15) is 0 Å². The number of hydrogen-bond donors (Lipinski definition) is 3. The van der Waals surface area contributed by atoms with Crippen LogP contribution in [0.3, 0.4) is 0 Å². The molecule has 1 heterocycles. The minimum absolute atomic E-state index is 0.437. The number of aromatic amines is 1. The summed E-state index contributed by atoms with van der Waals surface area (Å²) in [6, 6.07) is 7.39. The van der Waals surface area contributed by atoms with E-state index in [0.29, 0.717) is 11.0 Å². The summed E-state index contributed by atoms with van der Waals surface area (Å²) in [5.74, 6) is 0.699. The highest BCUT2D eigenvalue weighted by atomic mass is 32.1. The molecule has 0 saturated carbocycles. The van der Waals surface area contributed by atoms with Gasteiger partial charge in [0.15, 0.2) is 5.82 Å². The van der Waals surface area contributed by atoms with Gasteiger partial charge in [0.25, 0.3) is 0 Å². The van der Waals surface area contributed by atoms with Crippen molar-refractivity contribution in [3.8, 4) is 11.4 Å². The van der Waals surface area contributed by atoms with Gasteiger partial charge < -0.3 is 5.73 Å². The Bertz CT molecular complexity index is 406. The third kappa shape index (κ3) is 1.65. The number of nitrogens with zero attached hydrogens (tertiary/aromatic N) is 2. The number of H-pyrrole nitrogens is 1. The summed E-state index contributed by atoms with van der Waals surface area (Å²) in [6.07, 6.45) is 0. The number of nitrogens with two attached hydrogens (primary N) is 1. The standard InChI is InChI=1S/C8H8N4S/c9-6-3-1-5(2-4-6)7-10-8(13)12-11-7/h1-4H,9H2,(H2,10,11,12,13). The van der Waals surface area contributed by atoms with E-state index in [-0.39, 0.29) is 0 Å². The fraction of sp³-hybridized carbons (Fsp3) is 0. The maximum absolute atomic E-state index is 5.55. The Kier molecular flexibility index (Phi) is 1.94. The maximum atomic E-state index is 5.55. The molecular weight excluding hydrogens is 184 g/mol. The lowest BCUT2D eigenvalue weighted by atomic mass is 10.2. The second-order valence-corrected chi connectivity index (χ2v) is 3.01. The van der Waals surface area contributed by atoms with Crippen LogP contribution in [0.4, 0.5) is 5.69 Å². The quantitative estimate of drug-likeness (QED) is 0.472. The lowest BCUT2D eigenvalue weighted by Gasteiger charge is -1.95. The largest absolute Gasteiger partial charge is 0.399 e. The van der Waals surface area contributed by atoms with Gasteiger partial charge >= 0.3 is 0 Å². The van der Waals surface area contributed by atoms with Crippen LogP contribution in [0.5, 0.6) is 0 Å². The molecule has 13 heavy (non-hydrogen) atoms. The number of aromatic nitrogens is 3. The smallest absolute Gasteiger partial charge is 0.205 e. The van der Waals surface area contributed by atoms with Crippen molar-refractivity contribution in [1.29, 1.82) is 0 Å². The third-order valence-electron chi connectivity index (χ3n) is 1.66. The molecule has 0 bridgehead atoms. The predicted molar refractivity (Wildman–Crippen MR) is 53.5 cm³/mol. The van der Waals surface area contributed by atoms with Crippen LogP contribution in [0.15, 0.2) is 29.4 Å². The molecule has 1 aromatic heterocycles. The van der Waals surface area contributed by atoms with Gasteiger partial charge in [-0.15, -0.1) is 17.7 Å². The zero-order chi connectivity index (χ0) is 9.26. The van der Waals surface area contributed by atoms with Crippen LogP contribution in [0.2, 0.25) is 0 Å². The highest BCUT2D eigenvalue weighted by Crippen LogP contribution is 2.16. The SMILES string of the molecule is Nc1ccc(-c2nc(S)n[nH]2)cc1. The summed E-state index contributed by atoms with van der Waals surface area (Å²) in [5, 5.41) is 7.01. The number of hydrogen-bond acceptors (Lipinski definition) is 4. The summed E-state index contributed by atoms with van der Waals surface area (Å²) < 4.78 is 0. The van der Waals surface area contributed by atoms with Gasteiger partial charge in [-0.3, -0.25) is 5.10 Å². The lowest BCUT2D eigenvalue weighted by Crippen LogP contribution is -1.85. The molecule has 2 rings (SSSR count). The van der Waals surface area contributed by atoms with Gasteiger partial charge in [0, 0.05) is 11.3 Å². The van der Waals surface area contributed by atoms with E-state index in [1.807, 2.05) is 24.3 Å². The number of rotatable bonds is 1. The Morgan fingerprint density at radius 2 is 1.92 bits per heavy atom. The Hall–Kier alpha value is -1.49. The van der Waals surface area contributed by atoms with E-state index in [9.17, 15) is 0 Å². The van der Waals surface area contributed by atoms with Crippen molar-refractivity contribution in [2.45, 2.75) is 5.16 Å². The second kappa shape index (κ2) is 3.10. The van der Waals surface area contributed by atoms with Crippen LogP contribution in [-0.4, -0.2) is 15.2 Å². The maximum Gasteiger partial charge on any atom is 0.205 e. The second-order valence-electron chi connectivity index (χ2n) is 2.61. The zero-order valence-corrected chi connectivity index (χ0v) is 7.62. The van der Waals surface area contributed by atoms with Crippen molar-refractivity contribution >= 4 is 18.3 Å². The van der Waals surface area contributed by atoms with Gasteiger partial charge in [0.2, 0.25) is 5.16 Å². The van der Waals surface area contributed by atoms with Crippen molar-refractivity contribution in [3.05, 3.63) is 24.3 Å². The minimum atomic E-state index is 0.437. The van der Waals surface area contributed by atoms with Crippen LogP contribution in [0.25, 0.3) is 11.4 Å². The first-order valence-electron chi connectivity index (χ1n) is 3.73.